The number of benzene rings is 1. The van der Waals surface area contributed by atoms with Gasteiger partial charge in [0.05, 0.1) is 5.92 Å². The largest absolute Gasteiger partial charge is 0.481 e. The monoisotopic (exact) mass is 255 g/mol. The number of alkyl halides is 2. The van der Waals surface area contributed by atoms with Gasteiger partial charge in [0.25, 0.3) is 0 Å². The molecule has 1 aliphatic heterocycles. The van der Waals surface area contributed by atoms with Gasteiger partial charge in [0.1, 0.15) is 0 Å². The molecule has 0 unspecified atom stereocenters. The van der Waals surface area contributed by atoms with Gasteiger partial charge in [0, 0.05) is 25.6 Å². The van der Waals surface area contributed by atoms with Crippen molar-refractivity contribution in [3.63, 3.8) is 0 Å². The Bertz CT molecular complexity index is 411. The second kappa shape index (κ2) is 5.44. The maximum absolute atomic E-state index is 12.8. The number of halogens is 2. The summed E-state index contributed by atoms with van der Waals surface area (Å²) in [4.78, 5) is 12.7. The number of nitrogens with zero attached hydrogens (tertiary/aromatic N) is 1. The highest BCUT2D eigenvalue weighted by atomic mass is 19.3. The van der Waals surface area contributed by atoms with Gasteiger partial charge in [0.2, 0.25) is 6.43 Å². The lowest BCUT2D eigenvalue weighted by Crippen LogP contribution is -2.27. The van der Waals surface area contributed by atoms with Crippen LogP contribution in [0.4, 0.5) is 8.78 Å². The van der Waals surface area contributed by atoms with Crippen LogP contribution in [0, 0.1) is 11.8 Å². The zero-order valence-corrected chi connectivity index (χ0v) is 9.80. The third kappa shape index (κ3) is 2.85. The lowest BCUT2D eigenvalue weighted by Gasteiger charge is -2.15. The Kier molecular flexibility index (Phi) is 3.91. The second-order valence-electron chi connectivity index (χ2n) is 4.62. The van der Waals surface area contributed by atoms with E-state index in [1.165, 1.54) is 0 Å². The van der Waals surface area contributed by atoms with E-state index in [2.05, 4.69) is 0 Å². The summed E-state index contributed by atoms with van der Waals surface area (Å²) in [6.07, 6.45) is -2.58. The summed E-state index contributed by atoms with van der Waals surface area (Å²) in [5, 5.41) is 8.96. The van der Waals surface area contributed by atoms with Crippen molar-refractivity contribution >= 4 is 5.97 Å². The van der Waals surface area contributed by atoms with Crippen molar-refractivity contribution in [2.45, 2.75) is 13.0 Å². The number of likely N-dealkylation sites (tertiary alicyclic amines) is 1. The van der Waals surface area contributed by atoms with Gasteiger partial charge < -0.3 is 5.11 Å². The average Bonchev–Trinajstić information content (AvgIpc) is 2.74. The van der Waals surface area contributed by atoms with E-state index in [9.17, 15) is 13.6 Å². The molecule has 0 amide bonds. The molecule has 0 saturated carbocycles. The van der Waals surface area contributed by atoms with Crippen LogP contribution >= 0.6 is 0 Å². The number of carbonyl (C=O) groups is 1. The molecule has 1 aliphatic rings. The molecule has 1 saturated heterocycles. The molecule has 1 fully saturated rings. The number of aliphatic carboxylic acids is 1. The summed E-state index contributed by atoms with van der Waals surface area (Å²) in [5.74, 6) is -3.16. The second-order valence-corrected chi connectivity index (χ2v) is 4.62. The normalized spacial score (nSPS) is 24.6. The maximum Gasteiger partial charge on any atom is 0.308 e. The molecule has 3 nitrogen and oxygen atoms in total. The van der Waals surface area contributed by atoms with E-state index in [0.717, 1.165) is 5.56 Å². The first-order valence-electron chi connectivity index (χ1n) is 5.85. The molecule has 1 aromatic carbocycles. The summed E-state index contributed by atoms with van der Waals surface area (Å²) in [6.45, 7) is 0.858. The maximum atomic E-state index is 12.8. The number of carboxylic acid groups (broad SMARTS) is 1. The molecule has 2 atom stereocenters. The van der Waals surface area contributed by atoms with Gasteiger partial charge in [-0.3, -0.25) is 9.69 Å². The molecule has 18 heavy (non-hydrogen) atoms. The first-order chi connectivity index (χ1) is 8.58. The van der Waals surface area contributed by atoms with Crippen molar-refractivity contribution < 1.29 is 18.7 Å². The number of carboxylic acids is 1. The summed E-state index contributed by atoms with van der Waals surface area (Å²) in [5.41, 5.74) is 1.01. The van der Waals surface area contributed by atoms with Crippen molar-refractivity contribution in [2.24, 2.45) is 11.8 Å². The van der Waals surface area contributed by atoms with Crippen LogP contribution in [-0.4, -0.2) is 35.5 Å². The number of rotatable bonds is 4. The van der Waals surface area contributed by atoms with Crippen LogP contribution in [-0.2, 0) is 11.3 Å². The third-order valence-corrected chi connectivity index (χ3v) is 3.33. The van der Waals surface area contributed by atoms with Crippen LogP contribution in [0.25, 0.3) is 0 Å². The van der Waals surface area contributed by atoms with Crippen molar-refractivity contribution in [3.8, 4) is 0 Å². The zero-order chi connectivity index (χ0) is 13.1. The number of hydrogen-bond donors (Lipinski definition) is 1. The van der Waals surface area contributed by atoms with Crippen LogP contribution in [0.2, 0.25) is 0 Å². The average molecular weight is 255 g/mol. The third-order valence-electron chi connectivity index (χ3n) is 3.33. The van der Waals surface area contributed by atoms with Crippen LogP contribution in [0.5, 0.6) is 0 Å². The van der Waals surface area contributed by atoms with Gasteiger partial charge in [0.15, 0.2) is 0 Å². The van der Waals surface area contributed by atoms with Crippen LogP contribution in [0.15, 0.2) is 30.3 Å². The van der Waals surface area contributed by atoms with E-state index in [-0.39, 0.29) is 13.1 Å². The molecule has 0 aromatic heterocycles. The standard InChI is InChI=1S/C13H15F2NO2/c14-12(15)10-7-16(8-11(10)13(17)18)6-9-4-2-1-3-5-9/h1-5,10-12H,6-8H2,(H,17,18)/t10-,11+/m0/s1. The van der Waals surface area contributed by atoms with Gasteiger partial charge in [-0.2, -0.15) is 0 Å². The summed E-state index contributed by atoms with van der Waals surface area (Å²) in [7, 11) is 0. The van der Waals surface area contributed by atoms with Crippen molar-refractivity contribution in [2.75, 3.05) is 13.1 Å². The molecule has 5 heteroatoms. The van der Waals surface area contributed by atoms with E-state index < -0.39 is 24.2 Å². The van der Waals surface area contributed by atoms with E-state index in [0.29, 0.717) is 6.54 Å². The molecule has 1 heterocycles. The smallest absolute Gasteiger partial charge is 0.308 e. The predicted octanol–water partition coefficient (Wildman–Crippen LogP) is 2.08. The quantitative estimate of drug-likeness (QED) is 0.895. The summed E-state index contributed by atoms with van der Waals surface area (Å²) in [6, 6.07) is 9.46. The lowest BCUT2D eigenvalue weighted by molar-refractivity contribution is -0.144. The highest BCUT2D eigenvalue weighted by molar-refractivity contribution is 5.71. The first kappa shape index (κ1) is 13.0. The minimum absolute atomic E-state index is 0.142. The van der Waals surface area contributed by atoms with Crippen LogP contribution in [0.3, 0.4) is 0 Å². The van der Waals surface area contributed by atoms with Gasteiger partial charge in [-0.05, 0) is 5.56 Å². The molecule has 0 radical (unpaired) electrons. The fourth-order valence-corrected chi connectivity index (χ4v) is 2.40. The van der Waals surface area contributed by atoms with Gasteiger partial charge >= 0.3 is 5.97 Å². The van der Waals surface area contributed by atoms with E-state index in [1.807, 2.05) is 30.3 Å². The van der Waals surface area contributed by atoms with E-state index in [1.54, 1.807) is 4.90 Å². The Morgan fingerprint density at radius 2 is 2.00 bits per heavy atom. The molecular formula is C13H15F2NO2. The molecule has 0 aliphatic carbocycles. The first-order valence-corrected chi connectivity index (χ1v) is 5.85. The molecule has 1 N–H and O–H groups in total. The molecule has 0 bridgehead atoms. The highest BCUT2D eigenvalue weighted by Gasteiger charge is 2.42. The van der Waals surface area contributed by atoms with Gasteiger partial charge in [-0.15, -0.1) is 0 Å². The zero-order valence-electron chi connectivity index (χ0n) is 9.80. The molecule has 2 rings (SSSR count). The molecule has 98 valence electrons. The Morgan fingerprint density at radius 3 is 2.50 bits per heavy atom. The number of hydrogen-bond acceptors (Lipinski definition) is 2. The Labute approximate surface area is 104 Å². The molecular weight excluding hydrogens is 240 g/mol. The molecule has 0 spiro atoms. The lowest BCUT2D eigenvalue weighted by atomic mass is 9.97. The predicted molar refractivity (Wildman–Crippen MR) is 62.3 cm³/mol. The topological polar surface area (TPSA) is 40.5 Å². The van der Waals surface area contributed by atoms with E-state index >= 15 is 0 Å². The Balaban J connectivity index is 2.03. The minimum atomic E-state index is -2.58. The van der Waals surface area contributed by atoms with Gasteiger partial charge in [-0.1, -0.05) is 30.3 Å². The Morgan fingerprint density at radius 1 is 1.33 bits per heavy atom. The Hall–Kier alpha value is -1.49. The highest BCUT2D eigenvalue weighted by Crippen LogP contribution is 2.29. The minimum Gasteiger partial charge on any atom is -0.481 e. The van der Waals surface area contributed by atoms with Crippen LogP contribution < -0.4 is 0 Å². The van der Waals surface area contributed by atoms with Crippen molar-refractivity contribution in [1.82, 2.24) is 4.90 Å². The summed E-state index contributed by atoms with van der Waals surface area (Å²) < 4.78 is 25.5. The van der Waals surface area contributed by atoms with Crippen molar-refractivity contribution in [3.05, 3.63) is 35.9 Å². The molecule has 1 aromatic rings. The van der Waals surface area contributed by atoms with Crippen LogP contribution in [0.1, 0.15) is 5.56 Å². The van der Waals surface area contributed by atoms with Crippen molar-refractivity contribution in [1.29, 1.82) is 0 Å². The fourth-order valence-electron chi connectivity index (χ4n) is 2.40. The summed E-state index contributed by atoms with van der Waals surface area (Å²) >= 11 is 0. The van der Waals surface area contributed by atoms with Gasteiger partial charge in [-0.25, -0.2) is 8.78 Å². The fraction of sp³-hybridized carbons (Fsp3) is 0.462. The van der Waals surface area contributed by atoms with E-state index in [4.69, 9.17) is 5.11 Å². The SMILES string of the molecule is O=C(O)[C@@H]1CN(Cc2ccccc2)C[C@@H]1C(F)F.